The van der Waals surface area contributed by atoms with Gasteiger partial charge in [0.1, 0.15) is 5.69 Å². The molecule has 1 aliphatic heterocycles. The summed E-state index contributed by atoms with van der Waals surface area (Å²) in [6.07, 6.45) is -2.53. The predicted molar refractivity (Wildman–Crippen MR) is 98.6 cm³/mol. The first-order valence-corrected chi connectivity index (χ1v) is 9.04. The molecule has 3 aromatic rings. The van der Waals surface area contributed by atoms with Crippen molar-refractivity contribution in [2.75, 3.05) is 13.1 Å². The molecule has 29 heavy (non-hydrogen) atoms. The van der Waals surface area contributed by atoms with Gasteiger partial charge in [0, 0.05) is 43.6 Å². The molecule has 7 nitrogen and oxygen atoms in total. The maximum Gasteiger partial charge on any atom is 0.417 e. The van der Waals surface area contributed by atoms with Crippen LogP contribution in [0.5, 0.6) is 0 Å². The first-order valence-electron chi connectivity index (χ1n) is 9.04. The molecular weight excluding hydrogens is 387 g/mol. The van der Waals surface area contributed by atoms with E-state index >= 15 is 0 Å². The number of amides is 1. The second-order valence-corrected chi connectivity index (χ2v) is 7.20. The van der Waals surface area contributed by atoms with Gasteiger partial charge in [0.05, 0.1) is 16.5 Å². The first kappa shape index (κ1) is 19.2. The third-order valence-electron chi connectivity index (χ3n) is 5.21. The van der Waals surface area contributed by atoms with Gasteiger partial charge in [-0.2, -0.15) is 18.3 Å². The van der Waals surface area contributed by atoms with E-state index < -0.39 is 22.7 Å². The van der Waals surface area contributed by atoms with Crippen molar-refractivity contribution < 1.29 is 18.0 Å². The average Bonchev–Trinajstić information content (AvgIpc) is 3.28. The summed E-state index contributed by atoms with van der Waals surface area (Å²) in [4.78, 5) is 33.5. The number of hydrogen-bond donors (Lipinski definition) is 1. The molecule has 0 bridgehead atoms. The quantitative estimate of drug-likeness (QED) is 0.711. The van der Waals surface area contributed by atoms with Crippen molar-refractivity contribution in [2.24, 2.45) is 7.05 Å². The number of H-pyrrole nitrogens is 1. The third kappa shape index (κ3) is 3.39. The van der Waals surface area contributed by atoms with Crippen LogP contribution in [0.4, 0.5) is 13.2 Å². The Hall–Kier alpha value is -3.17. The molecule has 1 aliphatic rings. The molecule has 152 valence electrons. The lowest BCUT2D eigenvalue weighted by molar-refractivity contribution is -0.136. The fraction of sp³-hybridized carbons (Fsp3) is 0.368. The predicted octanol–water partition coefficient (Wildman–Crippen LogP) is 2.61. The first-order chi connectivity index (χ1) is 13.6. The number of carbonyl (C=O) groups is 1. The minimum Gasteiger partial charge on any atom is -0.337 e. The number of fused-ring (bicyclic) bond motifs is 1. The van der Waals surface area contributed by atoms with Gasteiger partial charge in [-0.3, -0.25) is 19.3 Å². The highest BCUT2D eigenvalue weighted by molar-refractivity contribution is 5.92. The van der Waals surface area contributed by atoms with Crippen LogP contribution in [0.3, 0.4) is 0 Å². The smallest absolute Gasteiger partial charge is 0.337 e. The number of likely N-dealkylation sites (tertiary alicyclic amines) is 1. The number of alkyl halides is 3. The maximum atomic E-state index is 13.4. The van der Waals surface area contributed by atoms with Crippen LogP contribution in [0.1, 0.15) is 39.8 Å². The number of hydrogen-bond acceptors (Lipinski definition) is 4. The van der Waals surface area contributed by atoms with Crippen LogP contribution in [-0.4, -0.2) is 43.6 Å². The second-order valence-electron chi connectivity index (χ2n) is 7.20. The molecule has 0 unspecified atom stereocenters. The standard InChI is InChI=1S/C19H18F3N5O2/c1-10-7-12(19(20,21)22)16-14(24-10)8-13(25-17(16)28)11-4-6-27(9-11)18(29)15-3-5-23-26(15)2/h3,5,7-8,11H,4,6,9H2,1-2H3,(H,25,28)/t11-/m0/s1. The molecule has 0 aliphatic carbocycles. The summed E-state index contributed by atoms with van der Waals surface area (Å²) in [6, 6.07) is 3.99. The summed E-state index contributed by atoms with van der Waals surface area (Å²) in [5.41, 5.74) is -0.701. The Labute approximate surface area is 163 Å². The summed E-state index contributed by atoms with van der Waals surface area (Å²) in [5, 5.41) is 3.52. The number of aromatic nitrogens is 4. The molecule has 1 fully saturated rings. The molecule has 1 saturated heterocycles. The maximum absolute atomic E-state index is 13.4. The van der Waals surface area contributed by atoms with Gasteiger partial charge >= 0.3 is 6.18 Å². The highest BCUT2D eigenvalue weighted by atomic mass is 19.4. The van der Waals surface area contributed by atoms with Gasteiger partial charge in [-0.05, 0) is 31.5 Å². The zero-order valence-electron chi connectivity index (χ0n) is 15.7. The SMILES string of the molecule is Cc1cc(C(F)(F)F)c2c(=O)[nH]c([C@H]3CCN(C(=O)c4ccnn4C)C3)cc2n1. The van der Waals surface area contributed by atoms with Gasteiger partial charge in [0.2, 0.25) is 0 Å². The highest BCUT2D eigenvalue weighted by Crippen LogP contribution is 2.34. The zero-order valence-corrected chi connectivity index (χ0v) is 15.7. The topological polar surface area (TPSA) is 83.9 Å². The van der Waals surface area contributed by atoms with Crippen molar-refractivity contribution in [3.63, 3.8) is 0 Å². The second kappa shape index (κ2) is 6.71. The number of aryl methyl sites for hydroxylation is 2. The van der Waals surface area contributed by atoms with Crippen molar-refractivity contribution in [3.05, 3.63) is 57.4 Å². The van der Waals surface area contributed by atoms with E-state index in [1.54, 1.807) is 18.0 Å². The van der Waals surface area contributed by atoms with Crippen LogP contribution >= 0.6 is 0 Å². The highest BCUT2D eigenvalue weighted by Gasteiger charge is 2.35. The van der Waals surface area contributed by atoms with Crippen LogP contribution in [0.15, 0.2) is 29.2 Å². The van der Waals surface area contributed by atoms with Crippen LogP contribution in [-0.2, 0) is 13.2 Å². The lowest BCUT2D eigenvalue weighted by atomic mass is 10.0. The summed E-state index contributed by atoms with van der Waals surface area (Å²) in [5.74, 6) is -0.370. The Morgan fingerprint density at radius 1 is 1.31 bits per heavy atom. The Morgan fingerprint density at radius 2 is 2.07 bits per heavy atom. The Kier molecular flexibility index (Phi) is 4.44. The molecule has 0 saturated carbocycles. The molecule has 1 amide bonds. The van der Waals surface area contributed by atoms with E-state index in [9.17, 15) is 22.8 Å². The Morgan fingerprint density at radius 3 is 2.72 bits per heavy atom. The van der Waals surface area contributed by atoms with Gasteiger partial charge in [0.25, 0.3) is 11.5 Å². The third-order valence-corrected chi connectivity index (χ3v) is 5.21. The van der Waals surface area contributed by atoms with Crippen molar-refractivity contribution in [1.29, 1.82) is 0 Å². The number of rotatable bonds is 2. The normalized spacial score (nSPS) is 17.3. The molecular formula is C19H18F3N5O2. The van der Waals surface area contributed by atoms with E-state index in [0.717, 1.165) is 6.07 Å². The number of halogens is 3. The van der Waals surface area contributed by atoms with Crippen LogP contribution in [0.2, 0.25) is 0 Å². The van der Waals surface area contributed by atoms with Crippen molar-refractivity contribution in [1.82, 2.24) is 24.6 Å². The van der Waals surface area contributed by atoms with E-state index in [-0.39, 0.29) is 23.0 Å². The molecule has 0 spiro atoms. The molecule has 4 rings (SSSR count). The van der Waals surface area contributed by atoms with Crippen molar-refractivity contribution >= 4 is 16.8 Å². The monoisotopic (exact) mass is 405 g/mol. The van der Waals surface area contributed by atoms with Gasteiger partial charge in [0.15, 0.2) is 0 Å². The fourth-order valence-corrected chi connectivity index (χ4v) is 3.81. The molecule has 0 aromatic carbocycles. The van der Waals surface area contributed by atoms with Gasteiger partial charge < -0.3 is 9.88 Å². The molecule has 1 N–H and O–H groups in total. The summed E-state index contributed by atoms with van der Waals surface area (Å²) in [7, 11) is 1.67. The van der Waals surface area contributed by atoms with E-state index in [1.165, 1.54) is 23.9 Å². The number of nitrogens with zero attached hydrogens (tertiary/aromatic N) is 4. The summed E-state index contributed by atoms with van der Waals surface area (Å²) < 4.78 is 41.5. The van der Waals surface area contributed by atoms with Crippen LogP contribution in [0, 0.1) is 6.92 Å². The van der Waals surface area contributed by atoms with E-state index in [4.69, 9.17) is 0 Å². The largest absolute Gasteiger partial charge is 0.417 e. The lowest BCUT2D eigenvalue weighted by Gasteiger charge is -2.17. The fourth-order valence-electron chi connectivity index (χ4n) is 3.81. The molecule has 0 radical (unpaired) electrons. The minimum absolute atomic E-state index is 0.00693. The molecule has 4 heterocycles. The summed E-state index contributed by atoms with van der Waals surface area (Å²) in [6.45, 7) is 2.28. The number of nitrogens with one attached hydrogen (secondary N) is 1. The van der Waals surface area contributed by atoms with Crippen LogP contribution < -0.4 is 5.56 Å². The van der Waals surface area contributed by atoms with Crippen molar-refractivity contribution in [3.8, 4) is 0 Å². The molecule has 10 heteroatoms. The van der Waals surface area contributed by atoms with Gasteiger partial charge in [-0.15, -0.1) is 0 Å². The lowest BCUT2D eigenvalue weighted by Crippen LogP contribution is -2.30. The summed E-state index contributed by atoms with van der Waals surface area (Å²) >= 11 is 0. The van der Waals surface area contributed by atoms with Crippen molar-refractivity contribution in [2.45, 2.75) is 25.4 Å². The number of aromatic amines is 1. The minimum atomic E-state index is -4.65. The molecule has 1 atom stereocenters. The van der Waals surface area contributed by atoms with Crippen LogP contribution in [0.25, 0.3) is 10.9 Å². The number of pyridine rings is 2. The van der Waals surface area contributed by atoms with E-state index in [2.05, 4.69) is 15.1 Å². The molecule has 3 aromatic heterocycles. The zero-order chi connectivity index (χ0) is 20.9. The Balaban J connectivity index is 1.68. The average molecular weight is 405 g/mol. The van der Waals surface area contributed by atoms with Gasteiger partial charge in [-0.1, -0.05) is 0 Å². The van der Waals surface area contributed by atoms with E-state index in [0.29, 0.717) is 30.9 Å². The van der Waals surface area contributed by atoms with Gasteiger partial charge in [-0.25, -0.2) is 0 Å². The number of carbonyl (C=O) groups excluding carboxylic acids is 1. The Bertz CT molecular complexity index is 1160. The van der Waals surface area contributed by atoms with E-state index in [1.807, 2.05) is 0 Å².